The lowest BCUT2D eigenvalue weighted by molar-refractivity contribution is -0.136. The lowest BCUT2D eigenvalue weighted by atomic mass is 10.1. The zero-order valence-electron chi connectivity index (χ0n) is 9.55. The van der Waals surface area contributed by atoms with Gasteiger partial charge >= 0.3 is 5.97 Å². The fraction of sp³-hybridized carbons (Fsp3) is 0.167. The molecule has 0 spiro atoms. The first-order valence-electron chi connectivity index (χ1n) is 5.10. The van der Waals surface area contributed by atoms with Crippen molar-refractivity contribution in [3.8, 4) is 0 Å². The third kappa shape index (κ3) is 3.89. The molecule has 0 saturated heterocycles. The molecule has 0 aliphatic rings. The summed E-state index contributed by atoms with van der Waals surface area (Å²) >= 11 is 0. The molecular formula is C12H12FNO4. The second-order valence-corrected chi connectivity index (χ2v) is 3.62. The van der Waals surface area contributed by atoms with Gasteiger partial charge in [0.15, 0.2) is 0 Å². The number of rotatable bonds is 4. The van der Waals surface area contributed by atoms with Crippen molar-refractivity contribution in [2.24, 2.45) is 0 Å². The Morgan fingerprint density at radius 3 is 2.33 bits per heavy atom. The fourth-order valence-corrected chi connectivity index (χ4v) is 1.28. The summed E-state index contributed by atoms with van der Waals surface area (Å²) in [5.41, 5.74) is 0.660. The van der Waals surface area contributed by atoms with Gasteiger partial charge in [0.05, 0.1) is 12.1 Å². The van der Waals surface area contributed by atoms with Crippen LogP contribution < -0.4 is 5.32 Å². The molecule has 0 bridgehead atoms. The molecule has 6 heteroatoms. The highest BCUT2D eigenvalue weighted by Gasteiger charge is 2.11. The van der Waals surface area contributed by atoms with Crippen molar-refractivity contribution in [1.29, 1.82) is 0 Å². The molecule has 3 N–H and O–H groups in total. The monoisotopic (exact) mass is 253 g/mol. The highest BCUT2D eigenvalue weighted by molar-refractivity contribution is 5.96. The van der Waals surface area contributed by atoms with Gasteiger partial charge in [0.1, 0.15) is 5.82 Å². The maximum Gasteiger partial charge on any atom is 0.371 e. The number of carbonyl (C=O) groups excluding carboxylic acids is 1. The van der Waals surface area contributed by atoms with Crippen LogP contribution in [0.3, 0.4) is 0 Å². The van der Waals surface area contributed by atoms with Gasteiger partial charge in [-0.2, -0.15) is 0 Å². The third-order valence-corrected chi connectivity index (χ3v) is 2.22. The first-order valence-corrected chi connectivity index (χ1v) is 5.10. The van der Waals surface area contributed by atoms with Gasteiger partial charge in [-0.25, -0.2) is 9.18 Å². The second kappa shape index (κ2) is 5.81. The van der Waals surface area contributed by atoms with Crippen LogP contribution >= 0.6 is 0 Å². The van der Waals surface area contributed by atoms with E-state index >= 15 is 0 Å². The van der Waals surface area contributed by atoms with Crippen molar-refractivity contribution in [3.63, 3.8) is 0 Å². The minimum Gasteiger partial charge on any atom is -0.502 e. The van der Waals surface area contributed by atoms with Crippen molar-refractivity contribution in [1.82, 2.24) is 5.32 Å². The van der Waals surface area contributed by atoms with Gasteiger partial charge in [-0.3, -0.25) is 4.79 Å². The summed E-state index contributed by atoms with van der Waals surface area (Å²) < 4.78 is 12.7. The van der Waals surface area contributed by atoms with E-state index < -0.39 is 23.7 Å². The molecule has 1 unspecified atom stereocenters. The summed E-state index contributed by atoms with van der Waals surface area (Å²) in [7, 11) is 0. The number of nitrogens with one attached hydrogen (secondary N) is 1. The molecule has 0 aromatic heterocycles. The van der Waals surface area contributed by atoms with E-state index in [4.69, 9.17) is 10.2 Å². The maximum absolute atomic E-state index is 12.7. The minimum absolute atomic E-state index is 0.388. The normalized spacial score (nSPS) is 12.9. The molecule has 0 aliphatic heterocycles. The highest BCUT2D eigenvalue weighted by atomic mass is 19.1. The molecule has 1 atom stereocenters. The van der Waals surface area contributed by atoms with E-state index in [2.05, 4.69) is 5.32 Å². The summed E-state index contributed by atoms with van der Waals surface area (Å²) in [6.45, 7) is 1.65. The second-order valence-electron chi connectivity index (χ2n) is 3.62. The van der Waals surface area contributed by atoms with Crippen LogP contribution in [0, 0.1) is 5.82 Å². The molecule has 5 nitrogen and oxygen atoms in total. The number of aliphatic carboxylic acids is 1. The van der Waals surface area contributed by atoms with Crippen molar-refractivity contribution < 1.29 is 24.2 Å². The summed E-state index contributed by atoms with van der Waals surface area (Å²) in [4.78, 5) is 21.6. The largest absolute Gasteiger partial charge is 0.502 e. The van der Waals surface area contributed by atoms with E-state index in [1.807, 2.05) is 0 Å². The average Bonchev–Trinajstić information content (AvgIpc) is 2.29. The number of hydrogen-bond acceptors (Lipinski definition) is 3. The summed E-state index contributed by atoms with van der Waals surface area (Å²) in [5, 5.41) is 19.7. The van der Waals surface area contributed by atoms with Crippen LogP contribution in [0.25, 0.3) is 0 Å². The first-order chi connectivity index (χ1) is 8.40. The predicted molar refractivity (Wildman–Crippen MR) is 61.3 cm³/mol. The Morgan fingerprint density at radius 1 is 1.28 bits per heavy atom. The van der Waals surface area contributed by atoms with E-state index in [1.54, 1.807) is 6.92 Å². The Hall–Kier alpha value is -2.37. The van der Waals surface area contributed by atoms with Crippen molar-refractivity contribution in [2.45, 2.75) is 13.0 Å². The number of carbonyl (C=O) groups is 2. The zero-order valence-corrected chi connectivity index (χ0v) is 9.55. The standard InChI is InChI=1S/C12H12FNO4/c1-7(8-2-4-9(13)5-3-8)14-11(16)6-10(15)12(17)18/h2-7,15H,1H3,(H,14,16)(H,17,18)/b10-6-. The van der Waals surface area contributed by atoms with Gasteiger partial charge < -0.3 is 15.5 Å². The van der Waals surface area contributed by atoms with Gasteiger partial charge in [0.25, 0.3) is 0 Å². The number of benzene rings is 1. The molecule has 1 aromatic carbocycles. The SMILES string of the molecule is CC(NC(=O)/C=C(\O)C(=O)O)c1ccc(F)cc1. The minimum atomic E-state index is -1.58. The average molecular weight is 253 g/mol. The van der Waals surface area contributed by atoms with Crippen LogP contribution in [0.1, 0.15) is 18.5 Å². The van der Waals surface area contributed by atoms with Gasteiger partial charge in [-0.05, 0) is 24.6 Å². The number of aliphatic hydroxyl groups excluding tert-OH is 1. The summed E-state index contributed by atoms with van der Waals surface area (Å²) in [5.74, 6) is -3.76. The van der Waals surface area contributed by atoms with E-state index in [0.29, 0.717) is 11.6 Å². The van der Waals surface area contributed by atoms with Gasteiger partial charge in [0.2, 0.25) is 11.7 Å². The number of amides is 1. The molecule has 0 fully saturated rings. The van der Waals surface area contributed by atoms with Crippen LogP contribution in [-0.4, -0.2) is 22.1 Å². The Bertz CT molecular complexity index is 481. The lowest BCUT2D eigenvalue weighted by Crippen LogP contribution is -2.25. The zero-order chi connectivity index (χ0) is 13.7. The van der Waals surface area contributed by atoms with E-state index in [9.17, 15) is 14.0 Å². The van der Waals surface area contributed by atoms with Gasteiger partial charge in [-0.1, -0.05) is 12.1 Å². The molecular weight excluding hydrogens is 241 g/mol. The third-order valence-electron chi connectivity index (χ3n) is 2.22. The molecule has 0 saturated carbocycles. The quantitative estimate of drug-likeness (QED) is 0.561. The first kappa shape index (κ1) is 13.7. The topological polar surface area (TPSA) is 86.6 Å². The van der Waals surface area contributed by atoms with E-state index in [-0.39, 0.29) is 5.82 Å². The van der Waals surface area contributed by atoms with Crippen molar-refractivity contribution in [2.75, 3.05) is 0 Å². The molecule has 1 aromatic rings. The van der Waals surface area contributed by atoms with Crippen LogP contribution in [0.4, 0.5) is 4.39 Å². The molecule has 0 radical (unpaired) electrons. The number of aliphatic hydroxyl groups is 1. The van der Waals surface area contributed by atoms with E-state index in [0.717, 1.165) is 0 Å². The van der Waals surface area contributed by atoms with Crippen LogP contribution in [-0.2, 0) is 9.59 Å². The summed E-state index contributed by atoms with van der Waals surface area (Å²) in [6.07, 6.45) is 0.572. The highest BCUT2D eigenvalue weighted by Crippen LogP contribution is 2.12. The molecule has 1 amide bonds. The van der Waals surface area contributed by atoms with Crippen molar-refractivity contribution in [3.05, 3.63) is 47.5 Å². The molecule has 0 aliphatic carbocycles. The smallest absolute Gasteiger partial charge is 0.371 e. The lowest BCUT2D eigenvalue weighted by Gasteiger charge is -2.12. The molecule has 1 rings (SSSR count). The fourth-order valence-electron chi connectivity index (χ4n) is 1.28. The van der Waals surface area contributed by atoms with Gasteiger partial charge in [-0.15, -0.1) is 0 Å². The van der Waals surface area contributed by atoms with Crippen LogP contribution in [0.5, 0.6) is 0 Å². The van der Waals surface area contributed by atoms with Gasteiger partial charge in [0, 0.05) is 0 Å². The van der Waals surface area contributed by atoms with Crippen molar-refractivity contribution >= 4 is 11.9 Å². The van der Waals surface area contributed by atoms with Crippen LogP contribution in [0.15, 0.2) is 36.1 Å². The van der Waals surface area contributed by atoms with E-state index in [1.165, 1.54) is 24.3 Å². The number of halogens is 1. The Labute approximate surface area is 103 Å². The molecule has 96 valence electrons. The predicted octanol–water partition coefficient (Wildman–Crippen LogP) is 1.53. The number of carboxylic acid groups (broad SMARTS) is 1. The Morgan fingerprint density at radius 2 is 1.83 bits per heavy atom. The Kier molecular flexibility index (Phi) is 4.42. The summed E-state index contributed by atoms with van der Waals surface area (Å²) in [6, 6.07) is 5.07. The van der Waals surface area contributed by atoms with Crippen LogP contribution in [0.2, 0.25) is 0 Å². The number of carboxylic acids is 1. The number of hydrogen-bond donors (Lipinski definition) is 3. The Balaban J connectivity index is 2.68. The maximum atomic E-state index is 12.7. The molecule has 0 heterocycles. The molecule has 18 heavy (non-hydrogen) atoms.